The van der Waals surface area contributed by atoms with Gasteiger partial charge in [0.05, 0.1) is 18.0 Å². The Morgan fingerprint density at radius 1 is 1.17 bits per heavy atom. The summed E-state index contributed by atoms with van der Waals surface area (Å²) in [5.74, 6) is -0.355. The molecule has 29 heavy (non-hydrogen) atoms. The molecule has 0 N–H and O–H groups in total. The van der Waals surface area contributed by atoms with Gasteiger partial charge in [0.2, 0.25) is 0 Å². The van der Waals surface area contributed by atoms with E-state index in [0.717, 1.165) is 53.3 Å². The van der Waals surface area contributed by atoms with Crippen LogP contribution in [0.25, 0.3) is 16.9 Å². The smallest absolute Gasteiger partial charge is 0.359 e. The molecule has 4 rings (SSSR count). The van der Waals surface area contributed by atoms with Crippen LogP contribution >= 0.6 is 11.6 Å². The summed E-state index contributed by atoms with van der Waals surface area (Å²) in [5, 5.41) is 5.42. The van der Waals surface area contributed by atoms with E-state index in [2.05, 4.69) is 4.90 Å². The molecule has 1 aliphatic rings. The minimum atomic E-state index is -0.355. The number of fused-ring (bicyclic) bond motifs is 3. The average molecular weight is 410 g/mol. The highest BCUT2D eigenvalue weighted by molar-refractivity contribution is 6.30. The van der Waals surface area contributed by atoms with Crippen molar-refractivity contribution in [2.45, 2.75) is 19.3 Å². The van der Waals surface area contributed by atoms with E-state index < -0.39 is 0 Å². The van der Waals surface area contributed by atoms with Crippen LogP contribution in [0.1, 0.15) is 28.0 Å². The molecule has 150 valence electrons. The average Bonchev–Trinajstić information content (AvgIpc) is 3.11. The van der Waals surface area contributed by atoms with Gasteiger partial charge in [0.15, 0.2) is 5.69 Å². The SMILES string of the molecule is CN(C)CCCOC(=O)c1nn(-c2ccccc2)c2c1CCc1cc(Cl)ccc1-2. The van der Waals surface area contributed by atoms with Crippen molar-refractivity contribution in [1.82, 2.24) is 14.7 Å². The summed E-state index contributed by atoms with van der Waals surface area (Å²) >= 11 is 6.21. The van der Waals surface area contributed by atoms with E-state index in [-0.39, 0.29) is 5.97 Å². The van der Waals surface area contributed by atoms with Crippen LogP contribution in [0.2, 0.25) is 5.02 Å². The number of hydrogen-bond donors (Lipinski definition) is 0. The number of hydrogen-bond acceptors (Lipinski definition) is 4. The fourth-order valence-corrected chi connectivity index (χ4v) is 3.95. The van der Waals surface area contributed by atoms with Crippen LogP contribution in [-0.2, 0) is 17.6 Å². The van der Waals surface area contributed by atoms with Crippen molar-refractivity contribution >= 4 is 17.6 Å². The molecular weight excluding hydrogens is 386 g/mol. The van der Waals surface area contributed by atoms with Gasteiger partial charge in [-0.2, -0.15) is 5.10 Å². The lowest BCUT2D eigenvalue weighted by atomic mass is 9.89. The zero-order valence-corrected chi connectivity index (χ0v) is 17.4. The fraction of sp³-hybridized carbons (Fsp3) is 0.304. The number of esters is 1. The zero-order chi connectivity index (χ0) is 20.4. The van der Waals surface area contributed by atoms with Crippen LogP contribution in [-0.4, -0.2) is 47.9 Å². The molecule has 1 heterocycles. The summed E-state index contributed by atoms with van der Waals surface area (Å²) in [5.41, 5.74) is 5.47. The monoisotopic (exact) mass is 409 g/mol. The molecule has 6 heteroatoms. The number of nitrogens with zero attached hydrogens (tertiary/aromatic N) is 3. The predicted molar refractivity (Wildman–Crippen MR) is 115 cm³/mol. The number of ether oxygens (including phenoxy) is 1. The number of halogens is 1. The Hall–Kier alpha value is -2.63. The van der Waals surface area contributed by atoms with Crippen molar-refractivity contribution in [1.29, 1.82) is 0 Å². The maximum Gasteiger partial charge on any atom is 0.359 e. The zero-order valence-electron chi connectivity index (χ0n) is 16.7. The minimum Gasteiger partial charge on any atom is -0.461 e. The van der Waals surface area contributed by atoms with Crippen molar-refractivity contribution in [3.05, 3.63) is 70.4 Å². The maximum absolute atomic E-state index is 12.8. The third-order valence-corrected chi connectivity index (χ3v) is 5.36. The highest BCUT2D eigenvalue weighted by atomic mass is 35.5. The molecule has 5 nitrogen and oxygen atoms in total. The van der Waals surface area contributed by atoms with Gasteiger partial charge in [-0.1, -0.05) is 35.9 Å². The van der Waals surface area contributed by atoms with Gasteiger partial charge in [0.25, 0.3) is 0 Å². The van der Waals surface area contributed by atoms with E-state index in [4.69, 9.17) is 21.4 Å². The number of carbonyl (C=O) groups excluding carboxylic acids is 1. The Balaban J connectivity index is 1.73. The molecule has 0 unspecified atom stereocenters. The molecule has 1 aliphatic carbocycles. The molecule has 0 bridgehead atoms. The number of para-hydroxylation sites is 1. The summed E-state index contributed by atoms with van der Waals surface area (Å²) in [4.78, 5) is 14.9. The molecule has 0 fully saturated rings. The van der Waals surface area contributed by atoms with Crippen LogP contribution in [0.15, 0.2) is 48.5 Å². The highest BCUT2D eigenvalue weighted by Crippen LogP contribution is 2.38. The van der Waals surface area contributed by atoms with Crippen molar-refractivity contribution in [2.24, 2.45) is 0 Å². The normalized spacial score (nSPS) is 12.6. The van der Waals surface area contributed by atoms with Crippen LogP contribution in [0, 0.1) is 0 Å². The largest absolute Gasteiger partial charge is 0.461 e. The Morgan fingerprint density at radius 2 is 1.97 bits per heavy atom. The lowest BCUT2D eigenvalue weighted by Gasteiger charge is -2.19. The Bertz CT molecular complexity index is 1030. The van der Waals surface area contributed by atoms with Gasteiger partial charge in [-0.15, -0.1) is 0 Å². The standard InChI is InChI=1S/C23H24ClN3O2/c1-26(2)13-6-14-29-23(28)21-20-11-9-16-15-17(24)10-12-19(16)22(20)27(25-21)18-7-4-3-5-8-18/h3-5,7-8,10,12,15H,6,9,11,13-14H2,1-2H3. The van der Waals surface area contributed by atoms with Gasteiger partial charge in [-0.25, -0.2) is 9.48 Å². The van der Waals surface area contributed by atoms with E-state index in [9.17, 15) is 4.79 Å². The summed E-state index contributed by atoms with van der Waals surface area (Å²) in [7, 11) is 4.01. The Morgan fingerprint density at radius 3 is 2.72 bits per heavy atom. The minimum absolute atomic E-state index is 0.355. The first-order chi connectivity index (χ1) is 14.0. The van der Waals surface area contributed by atoms with Crippen molar-refractivity contribution in [2.75, 3.05) is 27.2 Å². The summed E-state index contributed by atoms with van der Waals surface area (Å²) in [6.45, 7) is 1.26. The van der Waals surface area contributed by atoms with Gasteiger partial charge in [0, 0.05) is 22.7 Å². The lowest BCUT2D eigenvalue weighted by Crippen LogP contribution is -2.17. The third-order valence-electron chi connectivity index (χ3n) is 5.13. The number of carbonyl (C=O) groups is 1. The van der Waals surface area contributed by atoms with Gasteiger partial charge in [-0.05, 0) is 63.2 Å². The number of rotatable bonds is 6. The summed E-state index contributed by atoms with van der Waals surface area (Å²) in [6, 6.07) is 15.8. The molecule has 2 aromatic carbocycles. The Kier molecular flexibility index (Phi) is 5.69. The van der Waals surface area contributed by atoms with E-state index >= 15 is 0 Å². The number of aromatic nitrogens is 2. The maximum atomic E-state index is 12.8. The second-order valence-electron chi connectivity index (χ2n) is 7.52. The topological polar surface area (TPSA) is 47.4 Å². The second-order valence-corrected chi connectivity index (χ2v) is 7.95. The molecule has 0 aliphatic heterocycles. The van der Waals surface area contributed by atoms with Gasteiger partial charge in [0.1, 0.15) is 0 Å². The molecule has 0 amide bonds. The predicted octanol–water partition coefficient (Wildman–Crippen LogP) is 4.40. The van der Waals surface area contributed by atoms with Crippen LogP contribution in [0.5, 0.6) is 0 Å². The van der Waals surface area contributed by atoms with E-state index in [1.807, 2.05) is 67.3 Å². The van der Waals surface area contributed by atoms with Gasteiger partial charge >= 0.3 is 5.97 Å². The first-order valence-corrected chi connectivity index (χ1v) is 10.2. The fourth-order valence-electron chi connectivity index (χ4n) is 3.76. The molecule has 0 saturated heterocycles. The van der Waals surface area contributed by atoms with Crippen molar-refractivity contribution in [3.8, 4) is 16.9 Å². The van der Waals surface area contributed by atoms with E-state index in [1.54, 1.807) is 0 Å². The molecule has 0 spiro atoms. The Labute approximate surface area is 175 Å². The van der Waals surface area contributed by atoms with Crippen molar-refractivity contribution in [3.63, 3.8) is 0 Å². The summed E-state index contributed by atoms with van der Waals surface area (Å²) < 4.78 is 7.40. The van der Waals surface area contributed by atoms with E-state index in [0.29, 0.717) is 12.3 Å². The molecule has 0 saturated carbocycles. The molecule has 1 aromatic heterocycles. The molecule has 0 radical (unpaired) electrons. The number of aryl methyl sites for hydroxylation is 1. The molecular formula is C23H24ClN3O2. The van der Waals surface area contributed by atoms with Gasteiger partial charge in [-0.3, -0.25) is 0 Å². The molecule has 0 atom stereocenters. The molecule has 3 aromatic rings. The first kappa shape index (κ1) is 19.7. The summed E-state index contributed by atoms with van der Waals surface area (Å²) in [6.07, 6.45) is 2.35. The van der Waals surface area contributed by atoms with Crippen LogP contribution in [0.3, 0.4) is 0 Å². The van der Waals surface area contributed by atoms with Crippen LogP contribution in [0.4, 0.5) is 0 Å². The quantitative estimate of drug-likeness (QED) is 0.447. The van der Waals surface area contributed by atoms with Crippen LogP contribution < -0.4 is 0 Å². The first-order valence-electron chi connectivity index (χ1n) is 9.82. The van der Waals surface area contributed by atoms with Crippen molar-refractivity contribution < 1.29 is 9.53 Å². The van der Waals surface area contributed by atoms with Gasteiger partial charge < -0.3 is 9.64 Å². The lowest BCUT2D eigenvalue weighted by molar-refractivity contribution is 0.0484. The highest BCUT2D eigenvalue weighted by Gasteiger charge is 2.29. The van der Waals surface area contributed by atoms with E-state index in [1.165, 1.54) is 5.56 Å². The number of benzene rings is 2. The third kappa shape index (κ3) is 4.07. The second kappa shape index (κ2) is 8.39.